The molecule has 0 aliphatic rings. The van der Waals surface area contributed by atoms with Gasteiger partial charge in [0.05, 0.1) is 6.04 Å². The molecule has 1 N–H and O–H groups in total. The van der Waals surface area contributed by atoms with E-state index in [2.05, 4.69) is 73.9 Å². The van der Waals surface area contributed by atoms with Crippen molar-refractivity contribution in [3.05, 3.63) is 44.5 Å². The SMILES string of the molecule is CC(Nc1ccc(I)cc1Br)c1nccn1C. The van der Waals surface area contributed by atoms with Crippen LogP contribution in [-0.4, -0.2) is 9.55 Å². The fraction of sp³-hybridized carbons (Fsp3) is 0.250. The smallest absolute Gasteiger partial charge is 0.130 e. The Hall–Kier alpha value is -0.560. The second kappa shape index (κ2) is 5.39. The molecule has 1 heterocycles. The molecule has 5 heteroatoms. The van der Waals surface area contributed by atoms with Crippen LogP contribution in [0.5, 0.6) is 0 Å². The third kappa shape index (κ3) is 3.01. The minimum atomic E-state index is 0.173. The van der Waals surface area contributed by atoms with E-state index in [4.69, 9.17) is 0 Å². The Bertz CT molecular complexity index is 524. The second-order valence-electron chi connectivity index (χ2n) is 3.89. The molecule has 17 heavy (non-hydrogen) atoms. The van der Waals surface area contributed by atoms with E-state index in [9.17, 15) is 0 Å². The van der Waals surface area contributed by atoms with Crippen molar-refractivity contribution >= 4 is 44.2 Å². The molecule has 0 bridgehead atoms. The Morgan fingerprint density at radius 2 is 2.24 bits per heavy atom. The Balaban J connectivity index is 2.19. The first kappa shape index (κ1) is 12.9. The van der Waals surface area contributed by atoms with Crippen LogP contribution < -0.4 is 5.32 Å². The lowest BCUT2D eigenvalue weighted by atomic mass is 10.2. The van der Waals surface area contributed by atoms with Crippen LogP contribution in [-0.2, 0) is 7.05 Å². The van der Waals surface area contributed by atoms with E-state index in [1.807, 2.05) is 24.0 Å². The van der Waals surface area contributed by atoms with Gasteiger partial charge in [0.15, 0.2) is 0 Å². The number of aromatic nitrogens is 2. The van der Waals surface area contributed by atoms with Gasteiger partial charge < -0.3 is 9.88 Å². The van der Waals surface area contributed by atoms with Crippen LogP contribution in [0.3, 0.4) is 0 Å². The summed E-state index contributed by atoms with van der Waals surface area (Å²) in [6.45, 7) is 2.10. The molecule has 0 amide bonds. The number of imidazole rings is 1. The predicted octanol–water partition coefficient (Wildman–Crippen LogP) is 3.96. The van der Waals surface area contributed by atoms with Crippen LogP contribution in [0.15, 0.2) is 35.1 Å². The quantitative estimate of drug-likeness (QED) is 0.783. The second-order valence-corrected chi connectivity index (χ2v) is 5.99. The standard InChI is InChI=1S/C12H13BrIN3/c1-8(12-15-5-6-17(12)2)16-11-4-3-9(14)7-10(11)13/h3-8,16H,1-2H3. The fourth-order valence-electron chi connectivity index (χ4n) is 1.70. The average Bonchev–Trinajstić information content (AvgIpc) is 2.68. The van der Waals surface area contributed by atoms with Crippen molar-refractivity contribution in [1.82, 2.24) is 9.55 Å². The van der Waals surface area contributed by atoms with Gasteiger partial charge in [0.1, 0.15) is 5.82 Å². The number of aryl methyl sites for hydroxylation is 1. The molecule has 2 aromatic rings. The van der Waals surface area contributed by atoms with Crippen molar-refractivity contribution in [2.45, 2.75) is 13.0 Å². The van der Waals surface area contributed by atoms with Gasteiger partial charge in [0.2, 0.25) is 0 Å². The molecule has 0 fully saturated rings. The Morgan fingerprint density at radius 3 is 2.82 bits per heavy atom. The van der Waals surface area contributed by atoms with Crippen molar-refractivity contribution in [2.24, 2.45) is 7.05 Å². The highest BCUT2D eigenvalue weighted by molar-refractivity contribution is 14.1. The Morgan fingerprint density at radius 1 is 1.47 bits per heavy atom. The third-order valence-corrected chi connectivity index (χ3v) is 3.88. The molecule has 1 aromatic heterocycles. The van der Waals surface area contributed by atoms with Crippen LogP contribution in [0.4, 0.5) is 5.69 Å². The monoisotopic (exact) mass is 405 g/mol. The van der Waals surface area contributed by atoms with Crippen LogP contribution in [0, 0.1) is 3.57 Å². The summed E-state index contributed by atoms with van der Waals surface area (Å²) in [5.74, 6) is 1.02. The van der Waals surface area contributed by atoms with Crippen LogP contribution in [0.1, 0.15) is 18.8 Å². The number of nitrogens with zero attached hydrogens (tertiary/aromatic N) is 2. The van der Waals surface area contributed by atoms with Crippen molar-refractivity contribution < 1.29 is 0 Å². The number of hydrogen-bond acceptors (Lipinski definition) is 2. The van der Waals surface area contributed by atoms with E-state index in [1.54, 1.807) is 0 Å². The molecule has 1 atom stereocenters. The van der Waals surface area contributed by atoms with Crippen molar-refractivity contribution in [2.75, 3.05) is 5.32 Å². The maximum Gasteiger partial charge on any atom is 0.130 e. The van der Waals surface area contributed by atoms with Crippen molar-refractivity contribution in [3.63, 3.8) is 0 Å². The van der Waals surface area contributed by atoms with Gasteiger partial charge in [0.25, 0.3) is 0 Å². The molecule has 90 valence electrons. The topological polar surface area (TPSA) is 29.9 Å². The van der Waals surface area contributed by atoms with E-state index in [-0.39, 0.29) is 6.04 Å². The highest BCUT2D eigenvalue weighted by Gasteiger charge is 2.11. The van der Waals surface area contributed by atoms with E-state index < -0.39 is 0 Å². The molecule has 0 saturated carbocycles. The average molecular weight is 406 g/mol. The van der Waals surface area contributed by atoms with E-state index in [0.717, 1.165) is 16.0 Å². The molecule has 0 aliphatic carbocycles. The highest BCUT2D eigenvalue weighted by atomic mass is 127. The zero-order valence-electron chi connectivity index (χ0n) is 9.61. The molecular weight excluding hydrogens is 393 g/mol. The number of benzene rings is 1. The third-order valence-electron chi connectivity index (χ3n) is 2.55. The van der Waals surface area contributed by atoms with Crippen LogP contribution >= 0.6 is 38.5 Å². The first-order chi connectivity index (χ1) is 8.08. The van der Waals surface area contributed by atoms with Gasteiger partial charge in [-0.2, -0.15) is 0 Å². The summed E-state index contributed by atoms with van der Waals surface area (Å²) in [6, 6.07) is 6.42. The summed E-state index contributed by atoms with van der Waals surface area (Å²) in [5.41, 5.74) is 1.08. The van der Waals surface area contributed by atoms with Gasteiger partial charge in [-0.25, -0.2) is 4.98 Å². The molecule has 0 spiro atoms. The Kier molecular flexibility index (Phi) is 4.09. The van der Waals surface area contributed by atoms with Gasteiger partial charge in [-0.3, -0.25) is 0 Å². The number of rotatable bonds is 3. The minimum absolute atomic E-state index is 0.173. The first-order valence-electron chi connectivity index (χ1n) is 5.26. The highest BCUT2D eigenvalue weighted by Crippen LogP contribution is 2.27. The molecular formula is C12H13BrIN3. The molecule has 0 radical (unpaired) electrons. The van der Waals surface area contributed by atoms with Gasteiger partial charge in [-0.05, 0) is 63.6 Å². The Labute approximate surface area is 123 Å². The minimum Gasteiger partial charge on any atom is -0.374 e. The maximum absolute atomic E-state index is 4.34. The van der Waals surface area contributed by atoms with E-state index in [0.29, 0.717) is 0 Å². The van der Waals surface area contributed by atoms with Gasteiger partial charge in [0, 0.05) is 33.2 Å². The van der Waals surface area contributed by atoms with Gasteiger partial charge in [-0.1, -0.05) is 0 Å². The lowest BCUT2D eigenvalue weighted by Crippen LogP contribution is -2.12. The molecule has 1 unspecified atom stereocenters. The number of hydrogen-bond donors (Lipinski definition) is 1. The lowest BCUT2D eigenvalue weighted by Gasteiger charge is -2.16. The predicted molar refractivity (Wildman–Crippen MR) is 82.1 cm³/mol. The van der Waals surface area contributed by atoms with E-state index >= 15 is 0 Å². The zero-order chi connectivity index (χ0) is 12.4. The molecule has 0 aliphatic heterocycles. The molecule has 1 aromatic carbocycles. The summed E-state index contributed by atoms with van der Waals surface area (Å²) in [6.07, 6.45) is 3.77. The molecule has 0 saturated heterocycles. The van der Waals surface area contributed by atoms with E-state index in [1.165, 1.54) is 3.57 Å². The van der Waals surface area contributed by atoms with Crippen molar-refractivity contribution in [3.8, 4) is 0 Å². The van der Waals surface area contributed by atoms with Gasteiger partial charge in [-0.15, -0.1) is 0 Å². The van der Waals surface area contributed by atoms with Crippen molar-refractivity contribution in [1.29, 1.82) is 0 Å². The van der Waals surface area contributed by atoms with Crippen LogP contribution in [0.2, 0.25) is 0 Å². The first-order valence-corrected chi connectivity index (χ1v) is 7.14. The number of anilines is 1. The zero-order valence-corrected chi connectivity index (χ0v) is 13.4. The lowest BCUT2D eigenvalue weighted by molar-refractivity contribution is 0.721. The summed E-state index contributed by atoms with van der Waals surface area (Å²) < 4.78 is 4.31. The molecule has 3 nitrogen and oxygen atoms in total. The molecule has 2 rings (SSSR count). The summed E-state index contributed by atoms with van der Waals surface area (Å²) >= 11 is 5.86. The number of halogens is 2. The maximum atomic E-state index is 4.34. The summed E-state index contributed by atoms with van der Waals surface area (Å²) in [7, 11) is 2.00. The fourth-order valence-corrected chi connectivity index (χ4v) is 3.11. The summed E-state index contributed by atoms with van der Waals surface area (Å²) in [4.78, 5) is 4.34. The van der Waals surface area contributed by atoms with Crippen LogP contribution in [0.25, 0.3) is 0 Å². The number of nitrogens with one attached hydrogen (secondary N) is 1. The summed E-state index contributed by atoms with van der Waals surface area (Å²) in [5, 5.41) is 3.45. The normalized spacial score (nSPS) is 12.5. The van der Waals surface area contributed by atoms with Gasteiger partial charge >= 0.3 is 0 Å². The largest absolute Gasteiger partial charge is 0.374 e.